The maximum absolute atomic E-state index is 12.2. The number of alkyl halides is 2. The van der Waals surface area contributed by atoms with Crippen LogP contribution in [0.5, 0.6) is 5.75 Å². The van der Waals surface area contributed by atoms with Gasteiger partial charge in [-0.25, -0.2) is 0 Å². The lowest BCUT2D eigenvalue weighted by Gasteiger charge is -2.17. The first-order valence-electron chi connectivity index (χ1n) is 6.15. The highest BCUT2D eigenvalue weighted by atomic mass is 32.2. The van der Waals surface area contributed by atoms with Crippen molar-refractivity contribution in [2.45, 2.75) is 23.6 Å². The Morgan fingerprint density at radius 2 is 1.70 bits per heavy atom. The third-order valence-corrected chi connectivity index (χ3v) is 3.59. The minimum atomic E-state index is -2.41. The van der Waals surface area contributed by atoms with Gasteiger partial charge in [0, 0.05) is 16.1 Å². The summed E-state index contributed by atoms with van der Waals surface area (Å²) >= 11 is 0.524. The Bertz CT molecular complexity index is 560. The zero-order valence-corrected chi connectivity index (χ0v) is 11.7. The van der Waals surface area contributed by atoms with Gasteiger partial charge in [-0.1, -0.05) is 30.0 Å². The van der Waals surface area contributed by atoms with Crippen LogP contribution < -0.4 is 5.32 Å². The topological polar surface area (TPSA) is 32.3 Å². The Morgan fingerprint density at radius 1 is 1.05 bits per heavy atom. The fraction of sp³-hybridized carbons (Fsp3) is 0.200. The molecule has 2 aromatic carbocycles. The van der Waals surface area contributed by atoms with Crippen molar-refractivity contribution in [2.24, 2.45) is 0 Å². The highest BCUT2D eigenvalue weighted by Crippen LogP contribution is 2.29. The van der Waals surface area contributed by atoms with Crippen molar-refractivity contribution in [1.29, 1.82) is 0 Å². The third-order valence-electron chi connectivity index (χ3n) is 2.87. The lowest BCUT2D eigenvalue weighted by atomic mass is 10.1. The summed E-state index contributed by atoms with van der Waals surface area (Å²) < 4.78 is 24.4. The average Bonchev–Trinajstić information content (AvgIpc) is 2.41. The van der Waals surface area contributed by atoms with E-state index in [0.29, 0.717) is 16.7 Å². The average molecular weight is 295 g/mol. The Labute approximate surface area is 120 Å². The molecule has 0 saturated heterocycles. The van der Waals surface area contributed by atoms with Crippen LogP contribution in [-0.2, 0) is 0 Å². The zero-order chi connectivity index (χ0) is 14.5. The normalized spacial score (nSPS) is 12.4. The maximum Gasteiger partial charge on any atom is 0.288 e. The minimum Gasteiger partial charge on any atom is -0.508 e. The van der Waals surface area contributed by atoms with E-state index >= 15 is 0 Å². The van der Waals surface area contributed by atoms with Crippen LogP contribution >= 0.6 is 11.8 Å². The highest BCUT2D eigenvalue weighted by molar-refractivity contribution is 7.99. The molecular formula is C15H15F2NOS. The molecule has 2 aromatic rings. The summed E-state index contributed by atoms with van der Waals surface area (Å²) in [6, 6.07) is 13.8. The van der Waals surface area contributed by atoms with Crippen LogP contribution in [0.4, 0.5) is 14.5 Å². The van der Waals surface area contributed by atoms with E-state index in [-0.39, 0.29) is 11.8 Å². The number of thioether (sulfide) groups is 1. The number of rotatable bonds is 5. The third kappa shape index (κ3) is 3.87. The number of phenolic OH excluding ortho intramolecular Hbond substituents is 1. The molecule has 0 aliphatic rings. The van der Waals surface area contributed by atoms with Crippen LogP contribution in [0.3, 0.4) is 0 Å². The van der Waals surface area contributed by atoms with E-state index in [1.807, 2.05) is 19.1 Å². The van der Waals surface area contributed by atoms with Crippen LogP contribution in [-0.4, -0.2) is 10.9 Å². The van der Waals surface area contributed by atoms with Gasteiger partial charge in [-0.2, -0.15) is 8.78 Å². The number of benzene rings is 2. The molecule has 1 atom stereocenters. The smallest absolute Gasteiger partial charge is 0.288 e. The Kier molecular flexibility index (Phi) is 4.84. The summed E-state index contributed by atoms with van der Waals surface area (Å²) in [5.41, 5.74) is 1.61. The first-order valence-corrected chi connectivity index (χ1v) is 7.03. The van der Waals surface area contributed by atoms with Gasteiger partial charge >= 0.3 is 0 Å². The number of anilines is 1. The second-order valence-corrected chi connectivity index (χ2v) is 5.39. The molecule has 0 bridgehead atoms. The molecule has 2 nitrogen and oxygen atoms in total. The summed E-state index contributed by atoms with van der Waals surface area (Å²) in [7, 11) is 0. The van der Waals surface area contributed by atoms with Gasteiger partial charge in [0.15, 0.2) is 0 Å². The molecule has 0 aromatic heterocycles. The molecule has 0 aliphatic heterocycles. The monoisotopic (exact) mass is 295 g/mol. The number of hydrogen-bond donors (Lipinski definition) is 2. The van der Waals surface area contributed by atoms with Crippen molar-refractivity contribution in [3.8, 4) is 5.75 Å². The predicted octanol–water partition coefficient (Wildman–Crippen LogP) is 4.88. The number of halogens is 2. The van der Waals surface area contributed by atoms with Crippen molar-refractivity contribution in [2.75, 3.05) is 5.32 Å². The molecule has 5 heteroatoms. The van der Waals surface area contributed by atoms with Crippen LogP contribution in [0.25, 0.3) is 0 Å². The van der Waals surface area contributed by atoms with Gasteiger partial charge in [-0.3, -0.25) is 0 Å². The largest absolute Gasteiger partial charge is 0.508 e. The van der Waals surface area contributed by atoms with Crippen LogP contribution in [0.2, 0.25) is 0 Å². The van der Waals surface area contributed by atoms with Crippen LogP contribution in [0, 0.1) is 0 Å². The molecule has 1 unspecified atom stereocenters. The molecule has 0 radical (unpaired) electrons. The van der Waals surface area contributed by atoms with E-state index in [1.165, 1.54) is 0 Å². The van der Waals surface area contributed by atoms with Crippen molar-refractivity contribution in [3.63, 3.8) is 0 Å². The number of phenols is 1. The Balaban J connectivity index is 2.05. The van der Waals surface area contributed by atoms with Gasteiger partial charge in [-0.05, 0) is 37.3 Å². The minimum absolute atomic E-state index is 0.0789. The standard InChI is InChI=1S/C15H15F2NOS/c1-10(13-4-2-3-5-14(13)19)18-11-6-8-12(9-7-11)20-15(16)17/h2-10,15,18-19H,1H3. The first-order chi connectivity index (χ1) is 9.56. The maximum atomic E-state index is 12.2. The van der Waals surface area contributed by atoms with Crippen molar-refractivity contribution < 1.29 is 13.9 Å². The van der Waals surface area contributed by atoms with Gasteiger partial charge in [0.1, 0.15) is 5.75 Å². The lowest BCUT2D eigenvalue weighted by Crippen LogP contribution is -2.06. The van der Waals surface area contributed by atoms with Crippen molar-refractivity contribution in [1.82, 2.24) is 0 Å². The highest BCUT2D eigenvalue weighted by Gasteiger charge is 2.10. The van der Waals surface area contributed by atoms with Gasteiger partial charge in [-0.15, -0.1) is 0 Å². The van der Waals surface area contributed by atoms with Crippen molar-refractivity contribution >= 4 is 17.4 Å². The van der Waals surface area contributed by atoms with Crippen LogP contribution in [0.15, 0.2) is 53.4 Å². The van der Waals surface area contributed by atoms with Gasteiger partial charge in [0.05, 0.1) is 6.04 Å². The van der Waals surface area contributed by atoms with E-state index in [2.05, 4.69) is 5.32 Å². The molecular weight excluding hydrogens is 280 g/mol. The molecule has 0 aliphatic carbocycles. The summed E-state index contributed by atoms with van der Waals surface area (Å²) in [6.45, 7) is 1.93. The molecule has 20 heavy (non-hydrogen) atoms. The molecule has 2 rings (SSSR count). The molecule has 0 spiro atoms. The summed E-state index contributed by atoms with van der Waals surface area (Å²) in [4.78, 5) is 0.528. The molecule has 0 saturated carbocycles. The Hall–Kier alpha value is -1.75. The predicted molar refractivity (Wildman–Crippen MR) is 78.4 cm³/mol. The summed E-state index contributed by atoms with van der Waals surface area (Å²) in [6.07, 6.45) is 0. The van der Waals surface area contributed by atoms with Gasteiger partial charge in [0.2, 0.25) is 0 Å². The quantitative estimate of drug-likeness (QED) is 0.771. The van der Waals surface area contributed by atoms with E-state index in [1.54, 1.807) is 36.4 Å². The molecule has 0 amide bonds. The molecule has 0 fully saturated rings. The second-order valence-electron chi connectivity index (χ2n) is 4.33. The van der Waals surface area contributed by atoms with Crippen molar-refractivity contribution in [3.05, 3.63) is 54.1 Å². The van der Waals surface area contributed by atoms with Crippen LogP contribution in [0.1, 0.15) is 18.5 Å². The van der Waals surface area contributed by atoms with Gasteiger partial charge < -0.3 is 10.4 Å². The van der Waals surface area contributed by atoms with E-state index < -0.39 is 5.76 Å². The number of para-hydroxylation sites is 1. The first kappa shape index (κ1) is 14.7. The number of aromatic hydroxyl groups is 1. The Morgan fingerprint density at radius 3 is 2.30 bits per heavy atom. The molecule has 2 N–H and O–H groups in total. The second kappa shape index (κ2) is 6.61. The van der Waals surface area contributed by atoms with E-state index in [9.17, 15) is 13.9 Å². The summed E-state index contributed by atoms with van der Waals surface area (Å²) in [5, 5.41) is 13.0. The van der Waals surface area contributed by atoms with Gasteiger partial charge in [0.25, 0.3) is 5.76 Å². The molecule has 0 heterocycles. The lowest BCUT2D eigenvalue weighted by molar-refractivity contribution is 0.252. The fourth-order valence-electron chi connectivity index (χ4n) is 1.91. The number of nitrogens with one attached hydrogen (secondary N) is 1. The fourth-order valence-corrected chi connectivity index (χ4v) is 2.41. The summed E-state index contributed by atoms with van der Waals surface area (Å²) in [5.74, 6) is -2.17. The molecule has 106 valence electrons. The SMILES string of the molecule is CC(Nc1ccc(SC(F)F)cc1)c1ccccc1O. The number of hydrogen-bond acceptors (Lipinski definition) is 3. The van der Waals surface area contributed by atoms with E-state index in [4.69, 9.17) is 0 Å². The van der Waals surface area contributed by atoms with E-state index in [0.717, 1.165) is 11.3 Å². The zero-order valence-electron chi connectivity index (χ0n) is 10.9.